The molecule has 2 N–H and O–H groups in total. The number of rotatable bonds is 12. The van der Waals surface area contributed by atoms with E-state index in [4.69, 9.17) is 4.74 Å². The fourth-order valence-corrected chi connectivity index (χ4v) is 3.73. The molecule has 0 atom stereocenters. The molecule has 1 aromatic carbocycles. The number of alkyl halides is 2. The minimum absolute atomic E-state index is 0.0519. The standard InChI is InChI=1S/C17H23F2N3O5S/c18-15(19)12-27-13-6-5-7-14(10-13)28(25,26)20-8-3-1-2-4-9-22-11-16(23)21-17(22)24/h5-7,10,15,20H,1-4,8-9,11-12H2,(H,21,23,24). The Kier molecular flexibility index (Phi) is 8.12. The number of halogens is 2. The normalized spacial score (nSPS) is 14.6. The van der Waals surface area contributed by atoms with Crippen molar-refractivity contribution < 1.29 is 31.5 Å². The molecule has 0 unspecified atom stereocenters. The first-order valence-electron chi connectivity index (χ1n) is 8.87. The number of sulfonamides is 1. The smallest absolute Gasteiger partial charge is 0.324 e. The fraction of sp³-hybridized carbons (Fsp3) is 0.529. The zero-order valence-corrected chi connectivity index (χ0v) is 16.0. The van der Waals surface area contributed by atoms with Crippen molar-refractivity contribution in [3.05, 3.63) is 24.3 Å². The molecule has 11 heteroatoms. The van der Waals surface area contributed by atoms with E-state index in [-0.39, 0.29) is 35.7 Å². The van der Waals surface area contributed by atoms with Gasteiger partial charge in [-0.3, -0.25) is 10.1 Å². The second-order valence-electron chi connectivity index (χ2n) is 6.26. The molecule has 1 heterocycles. The third kappa shape index (κ3) is 7.04. The quantitative estimate of drug-likeness (QED) is 0.397. The van der Waals surface area contributed by atoms with Gasteiger partial charge in [-0.05, 0) is 25.0 Å². The number of urea groups is 1. The molecule has 0 radical (unpaired) electrons. The number of hydrogen-bond donors (Lipinski definition) is 2. The van der Waals surface area contributed by atoms with Crippen LogP contribution >= 0.6 is 0 Å². The van der Waals surface area contributed by atoms with Crippen LogP contribution in [0.3, 0.4) is 0 Å². The van der Waals surface area contributed by atoms with Gasteiger partial charge in [0, 0.05) is 19.2 Å². The Morgan fingerprint density at radius 2 is 1.93 bits per heavy atom. The van der Waals surface area contributed by atoms with Crippen LogP contribution in [0.1, 0.15) is 25.7 Å². The van der Waals surface area contributed by atoms with Gasteiger partial charge in [-0.2, -0.15) is 0 Å². The highest BCUT2D eigenvalue weighted by Crippen LogP contribution is 2.18. The van der Waals surface area contributed by atoms with Gasteiger partial charge in [-0.15, -0.1) is 0 Å². The molecule has 0 aromatic heterocycles. The maximum Gasteiger partial charge on any atom is 0.324 e. The minimum Gasteiger partial charge on any atom is -0.488 e. The number of carbonyl (C=O) groups excluding carboxylic acids is 2. The maximum atomic E-state index is 12.3. The van der Waals surface area contributed by atoms with Crippen LogP contribution in [-0.2, 0) is 14.8 Å². The predicted molar refractivity (Wildman–Crippen MR) is 96.7 cm³/mol. The summed E-state index contributed by atoms with van der Waals surface area (Å²) in [5.74, 6) is -0.240. The number of imide groups is 1. The number of nitrogens with zero attached hydrogens (tertiary/aromatic N) is 1. The molecule has 0 saturated carbocycles. The van der Waals surface area contributed by atoms with E-state index < -0.39 is 23.1 Å². The third-order valence-electron chi connectivity index (χ3n) is 4.01. The van der Waals surface area contributed by atoms with Crippen LogP contribution in [0.25, 0.3) is 0 Å². The summed E-state index contributed by atoms with van der Waals surface area (Å²) in [6.45, 7) is -0.00918. The molecule has 0 spiro atoms. The van der Waals surface area contributed by atoms with Crippen LogP contribution in [0.5, 0.6) is 5.75 Å². The van der Waals surface area contributed by atoms with Gasteiger partial charge < -0.3 is 9.64 Å². The molecular weight excluding hydrogens is 396 g/mol. The predicted octanol–water partition coefficient (Wildman–Crippen LogP) is 1.72. The zero-order valence-electron chi connectivity index (χ0n) is 15.2. The molecule has 0 aliphatic carbocycles. The Labute approximate surface area is 162 Å². The lowest BCUT2D eigenvalue weighted by Crippen LogP contribution is -2.29. The van der Waals surface area contributed by atoms with E-state index in [0.29, 0.717) is 13.0 Å². The maximum absolute atomic E-state index is 12.3. The summed E-state index contributed by atoms with van der Waals surface area (Å²) in [7, 11) is -3.76. The molecule has 3 amide bonds. The topological polar surface area (TPSA) is 105 Å². The van der Waals surface area contributed by atoms with Gasteiger partial charge in [-0.1, -0.05) is 18.9 Å². The average molecular weight is 419 g/mol. The lowest BCUT2D eigenvalue weighted by molar-refractivity contribution is -0.118. The van der Waals surface area contributed by atoms with Crippen LogP contribution in [0.15, 0.2) is 29.2 Å². The van der Waals surface area contributed by atoms with E-state index >= 15 is 0 Å². The van der Waals surface area contributed by atoms with Crippen LogP contribution in [-0.4, -0.2) is 57.9 Å². The molecule has 1 fully saturated rings. The van der Waals surface area contributed by atoms with Gasteiger partial charge in [0.25, 0.3) is 6.43 Å². The van der Waals surface area contributed by atoms with Gasteiger partial charge in [0.15, 0.2) is 0 Å². The first kappa shape index (κ1) is 22.0. The highest BCUT2D eigenvalue weighted by Gasteiger charge is 2.25. The van der Waals surface area contributed by atoms with E-state index in [1.54, 1.807) is 0 Å². The van der Waals surface area contributed by atoms with Gasteiger partial charge in [0.2, 0.25) is 15.9 Å². The molecule has 2 rings (SSSR count). The molecule has 156 valence electrons. The summed E-state index contributed by atoms with van der Waals surface area (Å²) in [6.07, 6.45) is 0.224. The van der Waals surface area contributed by atoms with Crippen LogP contribution in [0.4, 0.5) is 13.6 Å². The van der Waals surface area contributed by atoms with Crippen molar-refractivity contribution in [1.29, 1.82) is 0 Å². The molecule has 1 aliphatic heterocycles. The zero-order chi connectivity index (χ0) is 20.6. The SMILES string of the molecule is O=C1CN(CCCCCCNS(=O)(=O)c2cccc(OCC(F)F)c2)C(=O)N1. The highest BCUT2D eigenvalue weighted by molar-refractivity contribution is 7.89. The van der Waals surface area contributed by atoms with Gasteiger partial charge in [0.05, 0.1) is 4.90 Å². The second kappa shape index (κ2) is 10.3. The largest absolute Gasteiger partial charge is 0.488 e. The summed E-state index contributed by atoms with van der Waals surface area (Å²) in [5, 5.41) is 2.20. The van der Waals surface area contributed by atoms with Crippen molar-refractivity contribution in [3.63, 3.8) is 0 Å². The molecule has 1 aromatic rings. The van der Waals surface area contributed by atoms with E-state index in [0.717, 1.165) is 19.3 Å². The molecule has 1 aliphatic rings. The second-order valence-corrected chi connectivity index (χ2v) is 8.03. The van der Waals surface area contributed by atoms with Crippen molar-refractivity contribution in [1.82, 2.24) is 14.9 Å². The third-order valence-corrected chi connectivity index (χ3v) is 5.47. The van der Waals surface area contributed by atoms with E-state index in [9.17, 15) is 26.8 Å². The van der Waals surface area contributed by atoms with E-state index in [2.05, 4.69) is 10.0 Å². The number of hydrogen-bond acceptors (Lipinski definition) is 5. The summed E-state index contributed by atoms with van der Waals surface area (Å²) in [6, 6.07) is 5.02. The summed E-state index contributed by atoms with van der Waals surface area (Å²) in [4.78, 5) is 23.8. The van der Waals surface area contributed by atoms with Crippen LogP contribution in [0, 0.1) is 0 Å². The monoisotopic (exact) mass is 419 g/mol. The van der Waals surface area contributed by atoms with Crippen LogP contribution in [0.2, 0.25) is 0 Å². The van der Waals surface area contributed by atoms with Gasteiger partial charge in [0.1, 0.15) is 18.9 Å². The number of nitrogens with one attached hydrogen (secondary N) is 2. The summed E-state index contributed by atoms with van der Waals surface area (Å²) >= 11 is 0. The molecule has 1 saturated heterocycles. The Hall–Kier alpha value is -2.27. The van der Waals surface area contributed by atoms with Crippen molar-refractivity contribution in [3.8, 4) is 5.75 Å². The Bertz CT molecular complexity index is 789. The van der Waals surface area contributed by atoms with Gasteiger partial charge >= 0.3 is 6.03 Å². The van der Waals surface area contributed by atoms with Crippen LogP contribution < -0.4 is 14.8 Å². The Balaban J connectivity index is 1.67. The minimum atomic E-state index is -3.76. The summed E-state index contributed by atoms with van der Waals surface area (Å²) < 4.78 is 56.2. The van der Waals surface area contributed by atoms with Crippen molar-refractivity contribution in [2.45, 2.75) is 37.0 Å². The lowest BCUT2D eigenvalue weighted by Gasteiger charge is -2.12. The van der Waals surface area contributed by atoms with Crippen molar-refractivity contribution in [2.24, 2.45) is 0 Å². The lowest BCUT2D eigenvalue weighted by atomic mass is 10.2. The molecule has 8 nitrogen and oxygen atoms in total. The first-order chi connectivity index (χ1) is 13.3. The number of ether oxygens (including phenoxy) is 1. The van der Waals surface area contributed by atoms with Crippen molar-refractivity contribution in [2.75, 3.05) is 26.2 Å². The highest BCUT2D eigenvalue weighted by atomic mass is 32.2. The average Bonchev–Trinajstić information content (AvgIpc) is 2.96. The Morgan fingerprint density at radius 1 is 1.18 bits per heavy atom. The first-order valence-corrected chi connectivity index (χ1v) is 10.4. The Morgan fingerprint density at radius 3 is 2.61 bits per heavy atom. The van der Waals surface area contributed by atoms with Gasteiger partial charge in [-0.25, -0.2) is 26.7 Å². The molecule has 28 heavy (non-hydrogen) atoms. The number of unbranched alkanes of at least 4 members (excludes halogenated alkanes) is 3. The molecule has 0 bridgehead atoms. The number of benzene rings is 1. The summed E-state index contributed by atoms with van der Waals surface area (Å²) in [5.41, 5.74) is 0. The van der Waals surface area contributed by atoms with Crippen molar-refractivity contribution >= 4 is 22.0 Å². The molecular formula is C17H23F2N3O5S. The van der Waals surface area contributed by atoms with E-state index in [1.165, 1.54) is 29.2 Å². The fourth-order valence-electron chi connectivity index (χ4n) is 2.63. The number of amides is 3. The number of carbonyl (C=O) groups is 2. The van der Waals surface area contributed by atoms with E-state index in [1.807, 2.05) is 0 Å².